The molecule has 0 spiro atoms. The molecule has 3 heterocycles. The number of ether oxygens (including phenoxy) is 2. The van der Waals surface area contributed by atoms with Crippen molar-refractivity contribution in [2.45, 2.75) is 67.6 Å². The fourth-order valence-corrected chi connectivity index (χ4v) is 5.51. The van der Waals surface area contributed by atoms with Crippen LogP contribution < -0.4 is 22.1 Å². The van der Waals surface area contributed by atoms with Crippen molar-refractivity contribution in [1.29, 1.82) is 0 Å². The number of aliphatic carboxylic acids is 1. The Morgan fingerprint density at radius 1 is 1.29 bits per heavy atom. The molecule has 11 atom stereocenters. The molecule has 0 amide bonds. The topological polar surface area (TPSA) is 340 Å². The van der Waals surface area contributed by atoms with Crippen LogP contribution in [0.4, 0.5) is 5.82 Å². The number of carbonyl (C=O) groups is 2. The van der Waals surface area contributed by atoms with Crippen molar-refractivity contribution >= 4 is 25.4 Å². The lowest BCUT2D eigenvalue weighted by atomic mass is 9.80. The SMILES string of the molecule is NCC(=O)C[C@H]1C([C@H](O)[C@H](O)CO)O[C@](OP(=O)([O-])OC[C@H]2O[C@@H](n3ccc(N)nc3=O)C(O)[C@H]2O)(C(=O)O)C[C@H]1O. The minimum Gasteiger partial charge on any atom is -0.756 e. The number of anilines is 1. The molecule has 20 nitrogen and oxygen atoms in total. The van der Waals surface area contributed by atoms with Gasteiger partial charge in [-0.1, -0.05) is 0 Å². The molecule has 2 aliphatic heterocycles. The predicted molar refractivity (Wildman–Crippen MR) is 131 cm³/mol. The van der Waals surface area contributed by atoms with Crippen LogP contribution in [0.1, 0.15) is 19.1 Å². The minimum atomic E-state index is -5.77. The summed E-state index contributed by atoms with van der Waals surface area (Å²) >= 11 is 0. The number of hydrogen-bond donors (Lipinski definition) is 9. The number of carboxylic acid groups (broad SMARTS) is 1. The molecule has 21 heteroatoms. The second kappa shape index (κ2) is 13.5. The van der Waals surface area contributed by atoms with Crippen molar-refractivity contribution in [3.05, 3.63) is 22.7 Å². The third-order valence-corrected chi connectivity index (χ3v) is 7.76. The van der Waals surface area contributed by atoms with Crippen LogP contribution in [0.2, 0.25) is 0 Å². The summed E-state index contributed by atoms with van der Waals surface area (Å²) in [6.07, 6.45) is -15.3. The summed E-state index contributed by atoms with van der Waals surface area (Å²) < 4.78 is 33.5. The molecule has 11 N–H and O–H groups in total. The first-order valence-electron chi connectivity index (χ1n) is 12.4. The summed E-state index contributed by atoms with van der Waals surface area (Å²) in [6.45, 7) is -2.64. The first-order chi connectivity index (χ1) is 19.6. The Kier molecular flexibility index (Phi) is 10.9. The fraction of sp³-hybridized carbons (Fsp3) is 0.714. The normalized spacial score (nSPS) is 34.4. The van der Waals surface area contributed by atoms with Crippen LogP contribution in [0.3, 0.4) is 0 Å². The van der Waals surface area contributed by atoms with Crippen LogP contribution in [-0.4, -0.2) is 125 Å². The van der Waals surface area contributed by atoms with Crippen molar-refractivity contribution in [2.75, 3.05) is 25.5 Å². The van der Waals surface area contributed by atoms with Crippen molar-refractivity contribution < 1.29 is 73.3 Å². The number of carboxylic acids is 1. The molecule has 2 saturated heterocycles. The highest BCUT2D eigenvalue weighted by atomic mass is 31.2. The Bertz CT molecular complexity index is 1230. The number of nitrogen functional groups attached to an aromatic ring is 1. The van der Waals surface area contributed by atoms with E-state index in [2.05, 4.69) is 14.0 Å². The molecule has 0 aromatic carbocycles. The van der Waals surface area contributed by atoms with Gasteiger partial charge in [0.15, 0.2) is 6.23 Å². The number of nitrogens with two attached hydrogens (primary N) is 2. The van der Waals surface area contributed by atoms with Gasteiger partial charge in [-0.25, -0.2) is 9.59 Å². The number of carbonyl (C=O) groups excluding carboxylic acids is 1. The van der Waals surface area contributed by atoms with Crippen LogP contribution in [0.15, 0.2) is 17.1 Å². The summed E-state index contributed by atoms with van der Waals surface area (Å²) in [5.74, 6) is -7.60. The zero-order chi connectivity index (χ0) is 31.6. The van der Waals surface area contributed by atoms with E-state index in [4.69, 9.17) is 20.9 Å². The van der Waals surface area contributed by atoms with Gasteiger partial charge in [0.1, 0.15) is 42.1 Å². The number of phosphoric ester groups is 1. The Hall–Kier alpha value is -2.43. The van der Waals surface area contributed by atoms with E-state index in [9.17, 15) is 59.6 Å². The van der Waals surface area contributed by atoms with Crippen LogP contribution in [0.25, 0.3) is 0 Å². The van der Waals surface area contributed by atoms with E-state index in [0.717, 1.165) is 10.8 Å². The molecule has 238 valence electrons. The number of aliphatic hydroxyl groups is 6. The van der Waals surface area contributed by atoms with E-state index in [1.54, 1.807) is 0 Å². The zero-order valence-electron chi connectivity index (χ0n) is 21.7. The second-order valence-electron chi connectivity index (χ2n) is 9.69. The first-order valence-corrected chi connectivity index (χ1v) is 13.8. The molecule has 2 fully saturated rings. The van der Waals surface area contributed by atoms with Crippen molar-refractivity contribution in [2.24, 2.45) is 11.7 Å². The maximum Gasteiger partial charge on any atom is 0.364 e. The average Bonchev–Trinajstić information content (AvgIpc) is 3.20. The van der Waals surface area contributed by atoms with E-state index in [0.29, 0.717) is 0 Å². The molecular weight excluding hydrogens is 595 g/mol. The van der Waals surface area contributed by atoms with Gasteiger partial charge in [0.25, 0.3) is 13.6 Å². The highest BCUT2D eigenvalue weighted by Gasteiger charge is 2.57. The van der Waals surface area contributed by atoms with Crippen molar-refractivity contribution in [3.8, 4) is 0 Å². The van der Waals surface area contributed by atoms with Crippen molar-refractivity contribution in [3.63, 3.8) is 0 Å². The first kappa shape index (κ1) is 34.1. The lowest BCUT2D eigenvalue weighted by Gasteiger charge is -2.47. The van der Waals surface area contributed by atoms with Crippen molar-refractivity contribution in [1.82, 2.24) is 9.55 Å². The third-order valence-electron chi connectivity index (χ3n) is 6.77. The Labute approximate surface area is 236 Å². The molecule has 42 heavy (non-hydrogen) atoms. The quantitative estimate of drug-likeness (QED) is 0.0919. The minimum absolute atomic E-state index is 0.144. The summed E-state index contributed by atoms with van der Waals surface area (Å²) in [4.78, 5) is 52.4. The summed E-state index contributed by atoms with van der Waals surface area (Å²) in [6, 6.07) is 1.19. The number of rotatable bonds is 13. The van der Waals surface area contributed by atoms with Gasteiger partial charge in [-0.2, -0.15) is 4.98 Å². The summed E-state index contributed by atoms with van der Waals surface area (Å²) in [7, 11) is -5.77. The largest absolute Gasteiger partial charge is 0.756 e. The van der Waals surface area contributed by atoms with Gasteiger partial charge in [0, 0.05) is 25.0 Å². The Morgan fingerprint density at radius 2 is 1.95 bits per heavy atom. The Morgan fingerprint density at radius 3 is 2.52 bits per heavy atom. The highest BCUT2D eigenvalue weighted by molar-refractivity contribution is 7.45. The molecular formula is C21H32N4O16P-. The van der Waals surface area contributed by atoms with E-state index in [-0.39, 0.29) is 5.82 Å². The zero-order valence-corrected chi connectivity index (χ0v) is 22.6. The van der Waals surface area contributed by atoms with E-state index >= 15 is 0 Å². The monoisotopic (exact) mass is 627 g/mol. The molecule has 0 bridgehead atoms. The molecule has 3 unspecified atom stereocenters. The van der Waals surface area contributed by atoms with Gasteiger partial charge in [0.2, 0.25) is 0 Å². The maximum atomic E-state index is 12.7. The maximum absolute atomic E-state index is 12.7. The molecule has 3 rings (SSSR count). The number of nitrogens with zero attached hydrogens (tertiary/aromatic N) is 2. The van der Waals surface area contributed by atoms with Crippen LogP contribution in [0, 0.1) is 5.92 Å². The van der Waals surface area contributed by atoms with Gasteiger partial charge in [-0.05, 0) is 6.07 Å². The number of ketones is 1. The fourth-order valence-electron chi connectivity index (χ4n) is 4.57. The lowest BCUT2D eigenvalue weighted by molar-refractivity contribution is -0.320. The standard InChI is InChI=1S/C21H33N4O16P/c22-5-8(27)3-9-10(28)4-21(19(33)34,40-17(9)14(30)11(29)6-26)41-42(36,37)38-7-12-15(31)16(32)18(39-12)25-2-1-13(23)24-20(25)35/h1-2,9-12,14-18,26,28-32H,3-7,22H2,(H,33,34)(H,36,37)(H2,23,24,35)/p-1/t9-,10-,11-,12-,14-,15+,16?,17?,18-,21-/m1/s1. The van der Waals surface area contributed by atoms with E-state index in [1.165, 1.54) is 6.07 Å². The second-order valence-corrected chi connectivity index (χ2v) is 11.0. The summed E-state index contributed by atoms with van der Waals surface area (Å²) in [5.41, 5.74) is 9.73. The molecule has 0 aliphatic carbocycles. The number of aromatic nitrogens is 2. The predicted octanol–water partition coefficient (Wildman–Crippen LogP) is -5.87. The number of Topliss-reactive ketones (excluding diaryl/α,β-unsaturated/α-hetero) is 1. The number of aliphatic hydroxyl groups excluding tert-OH is 6. The van der Waals surface area contributed by atoms with Gasteiger partial charge in [-0.3, -0.25) is 18.5 Å². The Balaban J connectivity index is 1.79. The van der Waals surface area contributed by atoms with Crippen LogP contribution >= 0.6 is 7.82 Å². The number of phosphoric acid groups is 1. The van der Waals surface area contributed by atoms with Crippen LogP contribution in [0.5, 0.6) is 0 Å². The van der Waals surface area contributed by atoms with Crippen LogP contribution in [-0.2, 0) is 32.7 Å². The molecule has 1 aromatic rings. The number of hydrogen-bond acceptors (Lipinski definition) is 18. The van der Waals surface area contributed by atoms with Gasteiger partial charge in [-0.15, -0.1) is 0 Å². The van der Waals surface area contributed by atoms with E-state index in [1.807, 2.05) is 0 Å². The van der Waals surface area contributed by atoms with Gasteiger partial charge in [0.05, 0.1) is 32.0 Å². The molecule has 2 aliphatic rings. The molecule has 0 saturated carbocycles. The molecule has 1 aromatic heterocycles. The molecule has 0 radical (unpaired) electrons. The van der Waals surface area contributed by atoms with E-state index < -0.39 is 119 Å². The van der Waals surface area contributed by atoms with Gasteiger partial charge < -0.3 is 66.1 Å². The average molecular weight is 627 g/mol. The van der Waals surface area contributed by atoms with Gasteiger partial charge >= 0.3 is 11.7 Å². The smallest absolute Gasteiger partial charge is 0.364 e. The summed E-state index contributed by atoms with van der Waals surface area (Å²) in [5, 5.41) is 70.7. The highest BCUT2D eigenvalue weighted by Crippen LogP contribution is 2.49. The lowest BCUT2D eigenvalue weighted by Crippen LogP contribution is -2.62. The third kappa shape index (κ3) is 7.37.